The van der Waals surface area contributed by atoms with E-state index in [1.165, 1.54) is 11.3 Å². The second-order valence-corrected chi connectivity index (χ2v) is 6.74. The molecule has 0 aliphatic carbocycles. The van der Waals surface area contributed by atoms with Gasteiger partial charge in [0, 0.05) is 11.1 Å². The van der Waals surface area contributed by atoms with Crippen LogP contribution in [0, 0.1) is 0 Å². The summed E-state index contributed by atoms with van der Waals surface area (Å²) in [5.41, 5.74) is 2.66. The molecule has 2 N–H and O–H groups in total. The van der Waals surface area contributed by atoms with E-state index in [1.807, 2.05) is 35.7 Å². The van der Waals surface area contributed by atoms with Crippen molar-refractivity contribution in [3.63, 3.8) is 0 Å². The summed E-state index contributed by atoms with van der Waals surface area (Å²) in [4.78, 5) is 22.6. The van der Waals surface area contributed by atoms with Gasteiger partial charge in [0.15, 0.2) is 5.82 Å². The second kappa shape index (κ2) is 7.39. The number of nitrogens with zero attached hydrogens (tertiary/aromatic N) is 2. The molecule has 6 heteroatoms. The number of phenolic OH excluding ortho intramolecular Hbond substituents is 1. The molecule has 0 saturated carbocycles. The van der Waals surface area contributed by atoms with E-state index in [4.69, 9.17) is 4.98 Å². The van der Waals surface area contributed by atoms with E-state index >= 15 is 0 Å². The Hall–Kier alpha value is -3.51. The maximum absolute atomic E-state index is 12.5. The fraction of sp³-hybridized carbons (Fsp3) is 0. The number of thiophene rings is 1. The average molecular weight is 373 g/mol. The van der Waals surface area contributed by atoms with Crippen LogP contribution in [-0.2, 0) is 0 Å². The number of rotatable bonds is 4. The monoisotopic (exact) mass is 373 g/mol. The molecular formula is C21H15N3O2S. The minimum atomic E-state index is -0.236. The zero-order chi connectivity index (χ0) is 18.6. The van der Waals surface area contributed by atoms with Crippen molar-refractivity contribution < 1.29 is 9.90 Å². The zero-order valence-corrected chi connectivity index (χ0v) is 15.0. The molecule has 2 aromatic heterocycles. The Morgan fingerprint density at radius 3 is 2.44 bits per heavy atom. The summed E-state index contributed by atoms with van der Waals surface area (Å²) in [5.74, 6) is 0.367. The Labute approximate surface area is 160 Å². The number of phenols is 1. The van der Waals surface area contributed by atoms with Gasteiger partial charge in [-0.15, -0.1) is 11.3 Å². The first-order valence-corrected chi connectivity index (χ1v) is 9.15. The number of carbonyl (C=O) groups excluding carboxylic acids is 1. The molecule has 0 saturated heterocycles. The average Bonchev–Trinajstić information content (AvgIpc) is 3.24. The number of benzene rings is 2. The van der Waals surface area contributed by atoms with Crippen LogP contribution >= 0.6 is 11.3 Å². The van der Waals surface area contributed by atoms with Crippen LogP contribution in [0.1, 0.15) is 10.4 Å². The molecule has 0 radical (unpaired) electrons. The van der Waals surface area contributed by atoms with Crippen LogP contribution in [0.4, 0.5) is 5.82 Å². The largest absolute Gasteiger partial charge is 0.508 e. The first kappa shape index (κ1) is 16.9. The van der Waals surface area contributed by atoms with Crippen LogP contribution in [-0.4, -0.2) is 21.0 Å². The number of anilines is 1. The molecular weight excluding hydrogens is 358 g/mol. The lowest BCUT2D eigenvalue weighted by Crippen LogP contribution is -2.14. The van der Waals surface area contributed by atoms with Gasteiger partial charge in [-0.25, -0.2) is 9.97 Å². The van der Waals surface area contributed by atoms with Gasteiger partial charge in [-0.3, -0.25) is 4.79 Å². The molecule has 2 heterocycles. The van der Waals surface area contributed by atoms with Gasteiger partial charge < -0.3 is 10.4 Å². The van der Waals surface area contributed by atoms with E-state index in [-0.39, 0.29) is 11.7 Å². The van der Waals surface area contributed by atoms with Gasteiger partial charge in [-0.2, -0.15) is 0 Å². The minimum Gasteiger partial charge on any atom is -0.508 e. The number of carbonyl (C=O) groups is 1. The molecule has 2 aromatic carbocycles. The quantitative estimate of drug-likeness (QED) is 0.537. The molecule has 4 rings (SSSR count). The lowest BCUT2D eigenvalue weighted by atomic mass is 10.1. The predicted molar refractivity (Wildman–Crippen MR) is 107 cm³/mol. The lowest BCUT2D eigenvalue weighted by Gasteiger charge is -2.10. The van der Waals surface area contributed by atoms with E-state index in [9.17, 15) is 9.90 Å². The van der Waals surface area contributed by atoms with Crippen LogP contribution in [0.3, 0.4) is 0 Å². The number of nitrogens with one attached hydrogen (secondary N) is 1. The Morgan fingerprint density at radius 2 is 1.74 bits per heavy atom. The van der Waals surface area contributed by atoms with Gasteiger partial charge in [0.25, 0.3) is 5.91 Å². The van der Waals surface area contributed by atoms with Crippen molar-refractivity contribution in [1.82, 2.24) is 9.97 Å². The standard InChI is InChI=1S/C21H15N3O2S/c25-16-10-8-14(9-11-16)17-13-22-20(19(23-17)18-7-4-12-27-18)24-21(26)15-5-2-1-3-6-15/h1-13,25H,(H,22,24,26). The Morgan fingerprint density at radius 1 is 0.963 bits per heavy atom. The highest BCUT2D eigenvalue weighted by atomic mass is 32.1. The predicted octanol–water partition coefficient (Wildman–Crippen LogP) is 4.83. The molecule has 0 unspecified atom stereocenters. The van der Waals surface area contributed by atoms with Gasteiger partial charge >= 0.3 is 0 Å². The third-order valence-electron chi connectivity index (χ3n) is 3.96. The summed E-state index contributed by atoms with van der Waals surface area (Å²) in [6.07, 6.45) is 1.62. The highest BCUT2D eigenvalue weighted by Gasteiger charge is 2.15. The van der Waals surface area contributed by atoms with Crippen molar-refractivity contribution in [2.75, 3.05) is 5.32 Å². The molecule has 4 aromatic rings. The Balaban J connectivity index is 1.73. The smallest absolute Gasteiger partial charge is 0.256 e. The van der Waals surface area contributed by atoms with Crippen LogP contribution in [0.25, 0.3) is 21.8 Å². The maximum atomic E-state index is 12.5. The molecule has 0 aliphatic rings. The summed E-state index contributed by atoms with van der Waals surface area (Å²) < 4.78 is 0. The highest BCUT2D eigenvalue weighted by Crippen LogP contribution is 2.31. The van der Waals surface area contributed by atoms with E-state index in [2.05, 4.69) is 10.3 Å². The van der Waals surface area contributed by atoms with E-state index in [0.29, 0.717) is 22.8 Å². The maximum Gasteiger partial charge on any atom is 0.256 e. The van der Waals surface area contributed by atoms with Crippen molar-refractivity contribution in [1.29, 1.82) is 0 Å². The number of hydrogen-bond donors (Lipinski definition) is 2. The van der Waals surface area contributed by atoms with Crippen molar-refractivity contribution in [2.45, 2.75) is 0 Å². The Bertz CT molecular complexity index is 1060. The SMILES string of the molecule is O=C(Nc1ncc(-c2ccc(O)cc2)nc1-c1cccs1)c1ccccc1. The second-order valence-electron chi connectivity index (χ2n) is 5.80. The molecule has 0 spiro atoms. The molecule has 0 fully saturated rings. The normalized spacial score (nSPS) is 10.5. The van der Waals surface area contributed by atoms with Crippen LogP contribution in [0.15, 0.2) is 78.3 Å². The van der Waals surface area contributed by atoms with Gasteiger partial charge in [0.2, 0.25) is 0 Å². The molecule has 1 amide bonds. The molecule has 0 atom stereocenters. The van der Waals surface area contributed by atoms with E-state index < -0.39 is 0 Å². The number of amides is 1. The summed E-state index contributed by atoms with van der Waals surface area (Å²) in [5, 5.41) is 14.3. The van der Waals surface area contributed by atoms with Crippen LogP contribution in [0.2, 0.25) is 0 Å². The third-order valence-corrected chi connectivity index (χ3v) is 4.83. The highest BCUT2D eigenvalue weighted by molar-refractivity contribution is 7.13. The molecule has 27 heavy (non-hydrogen) atoms. The topological polar surface area (TPSA) is 75.1 Å². The van der Waals surface area contributed by atoms with Gasteiger partial charge in [0.1, 0.15) is 11.4 Å². The fourth-order valence-corrected chi connectivity index (χ4v) is 3.32. The summed E-state index contributed by atoms with van der Waals surface area (Å²) in [7, 11) is 0. The first-order valence-electron chi connectivity index (χ1n) is 8.27. The molecule has 5 nitrogen and oxygen atoms in total. The number of hydrogen-bond acceptors (Lipinski definition) is 5. The molecule has 0 bridgehead atoms. The zero-order valence-electron chi connectivity index (χ0n) is 14.2. The Kier molecular flexibility index (Phi) is 4.63. The number of aromatic nitrogens is 2. The van der Waals surface area contributed by atoms with Gasteiger partial charge in [-0.1, -0.05) is 24.3 Å². The summed E-state index contributed by atoms with van der Waals surface area (Å²) >= 11 is 1.53. The lowest BCUT2D eigenvalue weighted by molar-refractivity contribution is 0.102. The molecule has 132 valence electrons. The third kappa shape index (κ3) is 3.70. The molecule has 0 aliphatic heterocycles. The number of aromatic hydroxyl groups is 1. The summed E-state index contributed by atoms with van der Waals surface area (Å²) in [6, 6.07) is 19.6. The van der Waals surface area contributed by atoms with Crippen molar-refractivity contribution in [3.8, 4) is 27.6 Å². The van der Waals surface area contributed by atoms with Crippen LogP contribution in [0.5, 0.6) is 5.75 Å². The van der Waals surface area contributed by atoms with Crippen molar-refractivity contribution >= 4 is 23.1 Å². The van der Waals surface area contributed by atoms with Crippen molar-refractivity contribution in [2.24, 2.45) is 0 Å². The van der Waals surface area contributed by atoms with E-state index in [0.717, 1.165) is 10.4 Å². The van der Waals surface area contributed by atoms with E-state index in [1.54, 1.807) is 42.6 Å². The van der Waals surface area contributed by atoms with Gasteiger partial charge in [0.05, 0.1) is 16.8 Å². The van der Waals surface area contributed by atoms with Gasteiger partial charge in [-0.05, 0) is 47.8 Å². The van der Waals surface area contributed by atoms with Crippen molar-refractivity contribution in [3.05, 3.63) is 83.9 Å². The van der Waals surface area contributed by atoms with Crippen LogP contribution < -0.4 is 5.32 Å². The summed E-state index contributed by atoms with van der Waals surface area (Å²) in [6.45, 7) is 0. The first-order chi connectivity index (χ1) is 13.2. The fourth-order valence-electron chi connectivity index (χ4n) is 2.61. The minimum absolute atomic E-state index is 0.192.